The van der Waals surface area contributed by atoms with Crippen LogP contribution in [0.3, 0.4) is 0 Å². The summed E-state index contributed by atoms with van der Waals surface area (Å²) in [5.74, 6) is 0.926. The van der Waals surface area contributed by atoms with Crippen LogP contribution < -0.4 is 4.74 Å². The largest absolute Gasteiger partial charge is 0.497 e. The molecule has 0 amide bonds. The van der Waals surface area contributed by atoms with Crippen LogP contribution in [-0.4, -0.2) is 26.3 Å². The Balaban J connectivity index is 0.000000292. The first-order valence-corrected chi connectivity index (χ1v) is 5.71. The third-order valence-corrected chi connectivity index (χ3v) is 1.23. The molecule has 1 N–H and O–H groups in total. The van der Waals surface area contributed by atoms with Gasteiger partial charge in [0.2, 0.25) is 0 Å². The Morgan fingerprint density at radius 1 is 1.36 bits per heavy atom. The molecular formula is C9H14O4S. The molecule has 80 valence electrons. The van der Waals surface area contributed by atoms with Crippen LogP contribution in [0.4, 0.5) is 0 Å². The van der Waals surface area contributed by atoms with Crippen molar-refractivity contribution in [3.05, 3.63) is 29.8 Å². The molecule has 5 heteroatoms. The minimum atomic E-state index is -3.67. The number of rotatable bonds is 1. The Morgan fingerprint density at radius 3 is 2.14 bits per heavy atom. The number of hydrogen-bond donors (Lipinski definition) is 1. The van der Waals surface area contributed by atoms with Crippen molar-refractivity contribution in [1.29, 1.82) is 0 Å². The summed E-state index contributed by atoms with van der Waals surface area (Å²) >= 11 is 0. The Labute approximate surface area is 84.3 Å². The van der Waals surface area contributed by atoms with Crippen molar-refractivity contribution in [2.75, 3.05) is 13.4 Å². The Hall–Kier alpha value is -1.07. The van der Waals surface area contributed by atoms with Crippen LogP contribution in [0.15, 0.2) is 24.3 Å². The molecule has 0 bridgehead atoms. The first-order chi connectivity index (χ1) is 6.33. The summed E-state index contributed by atoms with van der Waals surface area (Å²) in [6.07, 6.45) is 0.715. The molecule has 0 atom stereocenters. The van der Waals surface area contributed by atoms with E-state index in [2.05, 4.69) is 0 Å². The lowest BCUT2D eigenvalue weighted by Gasteiger charge is -1.97. The molecule has 1 rings (SSSR count). The number of hydrogen-bond acceptors (Lipinski definition) is 3. The third kappa shape index (κ3) is 9.02. The Bertz CT molecular complexity index is 362. The fourth-order valence-electron chi connectivity index (χ4n) is 0.742. The summed E-state index contributed by atoms with van der Waals surface area (Å²) in [4.78, 5) is 0. The molecule has 0 aliphatic carbocycles. The summed E-state index contributed by atoms with van der Waals surface area (Å²) in [5.41, 5.74) is 1.23. The van der Waals surface area contributed by atoms with E-state index in [-0.39, 0.29) is 0 Å². The van der Waals surface area contributed by atoms with E-state index >= 15 is 0 Å². The fraction of sp³-hybridized carbons (Fsp3) is 0.333. The van der Waals surface area contributed by atoms with E-state index in [9.17, 15) is 8.42 Å². The van der Waals surface area contributed by atoms with Gasteiger partial charge in [-0.05, 0) is 24.6 Å². The van der Waals surface area contributed by atoms with Crippen LogP contribution in [0.25, 0.3) is 0 Å². The zero-order chi connectivity index (χ0) is 11.2. The highest BCUT2D eigenvalue weighted by Gasteiger charge is 1.86. The van der Waals surface area contributed by atoms with E-state index < -0.39 is 10.1 Å². The van der Waals surface area contributed by atoms with Crippen molar-refractivity contribution in [3.8, 4) is 5.75 Å². The second kappa shape index (κ2) is 5.62. The van der Waals surface area contributed by atoms with Crippen molar-refractivity contribution in [3.63, 3.8) is 0 Å². The molecule has 1 aromatic rings. The van der Waals surface area contributed by atoms with Gasteiger partial charge in [-0.1, -0.05) is 12.1 Å². The molecule has 0 heterocycles. The molecule has 0 fully saturated rings. The average Bonchev–Trinajstić information content (AvgIpc) is 2.01. The molecule has 1 aromatic carbocycles. The lowest BCUT2D eigenvalue weighted by atomic mass is 10.2. The van der Waals surface area contributed by atoms with E-state index in [1.807, 2.05) is 31.2 Å². The summed E-state index contributed by atoms with van der Waals surface area (Å²) < 4.78 is 30.9. The van der Waals surface area contributed by atoms with Crippen LogP contribution in [-0.2, 0) is 10.1 Å². The quantitative estimate of drug-likeness (QED) is 0.726. The average molecular weight is 218 g/mol. The summed E-state index contributed by atoms with van der Waals surface area (Å²) in [7, 11) is -1.99. The highest BCUT2D eigenvalue weighted by atomic mass is 32.2. The molecule has 0 aromatic heterocycles. The highest BCUT2D eigenvalue weighted by molar-refractivity contribution is 7.85. The van der Waals surface area contributed by atoms with Crippen molar-refractivity contribution in [1.82, 2.24) is 0 Å². The molecule has 0 unspecified atom stereocenters. The second-order valence-electron chi connectivity index (χ2n) is 2.75. The van der Waals surface area contributed by atoms with E-state index in [1.54, 1.807) is 7.11 Å². The van der Waals surface area contributed by atoms with Crippen LogP contribution in [0.1, 0.15) is 5.56 Å². The number of aryl methyl sites for hydroxylation is 1. The maximum absolute atomic E-state index is 9.19. The minimum Gasteiger partial charge on any atom is -0.497 e. The monoisotopic (exact) mass is 218 g/mol. The lowest BCUT2D eigenvalue weighted by molar-refractivity contribution is 0.414. The van der Waals surface area contributed by atoms with Gasteiger partial charge < -0.3 is 4.74 Å². The predicted molar refractivity (Wildman–Crippen MR) is 55.2 cm³/mol. The van der Waals surface area contributed by atoms with Crippen molar-refractivity contribution >= 4 is 10.1 Å². The zero-order valence-corrected chi connectivity index (χ0v) is 9.21. The van der Waals surface area contributed by atoms with Crippen LogP contribution in [0.5, 0.6) is 5.75 Å². The molecule has 0 radical (unpaired) electrons. The lowest BCUT2D eigenvalue weighted by Crippen LogP contribution is -1.88. The maximum atomic E-state index is 9.19. The van der Waals surface area contributed by atoms with Gasteiger partial charge in [-0.3, -0.25) is 4.55 Å². The normalized spacial score (nSPS) is 10.0. The van der Waals surface area contributed by atoms with E-state index in [0.717, 1.165) is 5.75 Å². The van der Waals surface area contributed by atoms with Gasteiger partial charge in [0.25, 0.3) is 10.1 Å². The molecule has 0 saturated heterocycles. The predicted octanol–water partition coefficient (Wildman–Crippen LogP) is 1.51. The fourth-order valence-corrected chi connectivity index (χ4v) is 0.742. The van der Waals surface area contributed by atoms with Gasteiger partial charge in [0.1, 0.15) is 5.75 Å². The summed E-state index contributed by atoms with van der Waals surface area (Å²) in [5, 5.41) is 0. The first kappa shape index (κ1) is 12.9. The minimum absolute atomic E-state index is 0.715. The summed E-state index contributed by atoms with van der Waals surface area (Å²) in [6.45, 7) is 2.04. The van der Waals surface area contributed by atoms with Gasteiger partial charge >= 0.3 is 0 Å². The van der Waals surface area contributed by atoms with Gasteiger partial charge in [-0.2, -0.15) is 8.42 Å². The van der Waals surface area contributed by atoms with E-state index in [4.69, 9.17) is 9.29 Å². The molecule has 0 spiro atoms. The Kier molecular flexibility index (Phi) is 5.19. The Morgan fingerprint density at radius 2 is 1.86 bits per heavy atom. The maximum Gasteiger partial charge on any atom is 0.261 e. The van der Waals surface area contributed by atoms with Crippen molar-refractivity contribution < 1.29 is 17.7 Å². The number of benzene rings is 1. The van der Waals surface area contributed by atoms with Crippen molar-refractivity contribution in [2.45, 2.75) is 6.92 Å². The molecule has 0 saturated carbocycles. The molecular weight excluding hydrogens is 204 g/mol. The highest BCUT2D eigenvalue weighted by Crippen LogP contribution is 2.10. The van der Waals surface area contributed by atoms with Gasteiger partial charge in [-0.25, -0.2) is 0 Å². The zero-order valence-electron chi connectivity index (χ0n) is 8.39. The summed E-state index contributed by atoms with van der Waals surface area (Å²) in [6, 6.07) is 7.96. The first-order valence-electron chi connectivity index (χ1n) is 3.86. The molecule has 4 nitrogen and oxygen atoms in total. The third-order valence-electron chi connectivity index (χ3n) is 1.23. The van der Waals surface area contributed by atoms with Crippen LogP contribution in [0, 0.1) is 6.92 Å². The van der Waals surface area contributed by atoms with Crippen LogP contribution >= 0.6 is 0 Å². The topological polar surface area (TPSA) is 63.6 Å². The van der Waals surface area contributed by atoms with Crippen LogP contribution in [0.2, 0.25) is 0 Å². The van der Waals surface area contributed by atoms with Gasteiger partial charge in [0.05, 0.1) is 13.4 Å². The molecule has 14 heavy (non-hydrogen) atoms. The van der Waals surface area contributed by atoms with Gasteiger partial charge in [0, 0.05) is 0 Å². The number of methoxy groups -OCH3 is 1. The van der Waals surface area contributed by atoms with E-state index in [1.165, 1.54) is 5.56 Å². The van der Waals surface area contributed by atoms with Gasteiger partial charge in [0.15, 0.2) is 0 Å². The number of ether oxygens (including phenoxy) is 1. The van der Waals surface area contributed by atoms with Crippen molar-refractivity contribution in [2.24, 2.45) is 0 Å². The second-order valence-corrected chi connectivity index (χ2v) is 4.22. The molecule has 0 aliphatic rings. The molecule has 0 aliphatic heterocycles. The SMILES string of the molecule is COc1cccc(C)c1.CS(=O)(=O)O. The van der Waals surface area contributed by atoms with Gasteiger partial charge in [-0.15, -0.1) is 0 Å². The van der Waals surface area contributed by atoms with E-state index in [0.29, 0.717) is 6.26 Å². The smallest absolute Gasteiger partial charge is 0.261 e. The standard InChI is InChI=1S/C8H10O.CH4O3S/c1-7-4-3-5-8(6-7)9-2;1-5(2,3)4/h3-6H,1-2H3;1H3,(H,2,3,4).